The van der Waals surface area contributed by atoms with Gasteiger partial charge in [-0.15, -0.1) is 0 Å². The minimum absolute atomic E-state index is 0.208. The number of hydrogen-bond acceptors (Lipinski definition) is 2. The average Bonchev–Trinajstić information content (AvgIpc) is 2.47. The molecule has 4 heteroatoms. The fraction of sp³-hybridized carbons (Fsp3) is 0.263. The van der Waals surface area contributed by atoms with Crippen molar-refractivity contribution in [1.82, 2.24) is 0 Å². The molecule has 2 N–H and O–H groups in total. The van der Waals surface area contributed by atoms with Crippen LogP contribution in [0.4, 0.5) is 11.4 Å². The van der Waals surface area contributed by atoms with Gasteiger partial charge in [-0.2, -0.15) is 0 Å². The number of carbonyl (C=O) groups is 2. The molecular weight excluding hydrogens is 288 g/mol. The van der Waals surface area contributed by atoms with Crippen LogP contribution in [0.15, 0.2) is 36.4 Å². The van der Waals surface area contributed by atoms with Gasteiger partial charge in [0.2, 0.25) is 11.8 Å². The number of benzene rings is 2. The summed E-state index contributed by atoms with van der Waals surface area (Å²) in [7, 11) is 0. The van der Waals surface area contributed by atoms with Gasteiger partial charge in [-0.3, -0.25) is 9.59 Å². The lowest BCUT2D eigenvalue weighted by Crippen LogP contribution is -2.22. The minimum Gasteiger partial charge on any atom is -0.326 e. The smallest absolute Gasteiger partial charge is 0.233 e. The van der Waals surface area contributed by atoms with Crippen LogP contribution in [-0.4, -0.2) is 11.8 Å². The van der Waals surface area contributed by atoms with Gasteiger partial charge in [0.15, 0.2) is 0 Å². The van der Waals surface area contributed by atoms with E-state index in [1.807, 2.05) is 64.1 Å². The summed E-state index contributed by atoms with van der Waals surface area (Å²) in [6.45, 7) is 7.85. The van der Waals surface area contributed by atoms with E-state index in [1.165, 1.54) is 0 Å². The van der Waals surface area contributed by atoms with Crippen molar-refractivity contribution in [2.24, 2.45) is 0 Å². The van der Waals surface area contributed by atoms with Crippen molar-refractivity contribution < 1.29 is 9.59 Å². The Labute approximate surface area is 136 Å². The summed E-state index contributed by atoms with van der Waals surface area (Å²) < 4.78 is 0. The van der Waals surface area contributed by atoms with E-state index in [4.69, 9.17) is 0 Å². The molecule has 2 aromatic carbocycles. The lowest BCUT2D eigenvalue weighted by molar-refractivity contribution is -0.123. The van der Waals surface area contributed by atoms with Gasteiger partial charge in [0.25, 0.3) is 0 Å². The number of nitrogens with one attached hydrogen (secondary N) is 2. The Bertz CT molecular complexity index is 731. The molecule has 2 aromatic rings. The van der Waals surface area contributed by atoms with E-state index in [0.717, 1.165) is 27.9 Å². The summed E-state index contributed by atoms with van der Waals surface area (Å²) in [5, 5.41) is 5.57. The largest absolute Gasteiger partial charge is 0.326 e. The van der Waals surface area contributed by atoms with E-state index >= 15 is 0 Å². The maximum Gasteiger partial charge on any atom is 0.233 e. The highest BCUT2D eigenvalue weighted by molar-refractivity contribution is 6.08. The lowest BCUT2D eigenvalue weighted by Gasteiger charge is -2.12. The van der Waals surface area contributed by atoms with E-state index in [1.54, 1.807) is 0 Å². The molecule has 0 bridgehead atoms. The second-order valence-corrected chi connectivity index (χ2v) is 5.84. The SMILES string of the molecule is Cc1ccc(NC(=O)CC(=O)Nc2c(C)cccc2C)cc1C. The molecular formula is C19H22N2O2. The molecule has 0 aromatic heterocycles. The summed E-state index contributed by atoms with van der Waals surface area (Å²) in [6.07, 6.45) is -0.208. The summed E-state index contributed by atoms with van der Waals surface area (Å²) in [4.78, 5) is 24.1. The quantitative estimate of drug-likeness (QED) is 0.842. The van der Waals surface area contributed by atoms with Crippen LogP contribution in [-0.2, 0) is 9.59 Å². The second-order valence-electron chi connectivity index (χ2n) is 5.84. The van der Waals surface area contributed by atoms with Gasteiger partial charge < -0.3 is 10.6 Å². The van der Waals surface area contributed by atoms with Crippen LogP contribution in [0.1, 0.15) is 28.7 Å². The van der Waals surface area contributed by atoms with Crippen LogP contribution in [0.2, 0.25) is 0 Å². The van der Waals surface area contributed by atoms with Crippen LogP contribution in [0.3, 0.4) is 0 Å². The fourth-order valence-corrected chi connectivity index (χ4v) is 2.37. The van der Waals surface area contributed by atoms with Gasteiger partial charge >= 0.3 is 0 Å². The zero-order valence-electron chi connectivity index (χ0n) is 14.0. The molecule has 120 valence electrons. The number of rotatable bonds is 4. The molecule has 0 spiro atoms. The molecule has 4 nitrogen and oxygen atoms in total. The summed E-state index contributed by atoms with van der Waals surface area (Å²) in [6, 6.07) is 11.5. The van der Waals surface area contributed by atoms with Crippen LogP contribution in [0, 0.1) is 27.7 Å². The van der Waals surface area contributed by atoms with E-state index < -0.39 is 0 Å². The monoisotopic (exact) mass is 310 g/mol. The normalized spacial score (nSPS) is 10.3. The molecule has 0 radical (unpaired) electrons. The van der Waals surface area contributed by atoms with Gasteiger partial charge in [-0.05, 0) is 62.1 Å². The molecule has 2 amide bonds. The number of para-hydroxylation sites is 1. The highest BCUT2D eigenvalue weighted by Gasteiger charge is 2.12. The van der Waals surface area contributed by atoms with Gasteiger partial charge in [0, 0.05) is 11.4 Å². The van der Waals surface area contributed by atoms with Crippen molar-refractivity contribution in [3.63, 3.8) is 0 Å². The Morgan fingerprint density at radius 3 is 2.00 bits per heavy atom. The number of hydrogen-bond donors (Lipinski definition) is 2. The highest BCUT2D eigenvalue weighted by atomic mass is 16.2. The first-order valence-corrected chi connectivity index (χ1v) is 7.60. The number of carbonyl (C=O) groups excluding carboxylic acids is 2. The molecule has 23 heavy (non-hydrogen) atoms. The Morgan fingerprint density at radius 2 is 1.39 bits per heavy atom. The average molecular weight is 310 g/mol. The predicted octanol–water partition coefficient (Wildman–Crippen LogP) is 3.89. The van der Waals surface area contributed by atoms with Gasteiger partial charge in [-0.25, -0.2) is 0 Å². The van der Waals surface area contributed by atoms with Crippen molar-refractivity contribution >= 4 is 23.2 Å². The minimum atomic E-state index is -0.322. The van der Waals surface area contributed by atoms with Crippen molar-refractivity contribution in [3.8, 4) is 0 Å². The Balaban J connectivity index is 1.97. The highest BCUT2D eigenvalue weighted by Crippen LogP contribution is 2.19. The summed E-state index contributed by atoms with van der Waals surface area (Å²) in [5.74, 6) is -0.638. The van der Waals surface area contributed by atoms with Crippen LogP contribution in [0.25, 0.3) is 0 Å². The summed E-state index contributed by atoms with van der Waals surface area (Å²) in [5.41, 5.74) is 5.70. The van der Waals surface area contributed by atoms with Crippen LogP contribution >= 0.6 is 0 Å². The molecule has 0 fully saturated rings. The molecule has 0 aliphatic rings. The predicted molar refractivity (Wildman–Crippen MR) is 93.7 cm³/mol. The molecule has 0 saturated heterocycles. The van der Waals surface area contributed by atoms with Gasteiger partial charge in [-0.1, -0.05) is 24.3 Å². The molecule has 0 aliphatic heterocycles. The van der Waals surface area contributed by atoms with Crippen molar-refractivity contribution in [2.75, 3.05) is 10.6 Å². The standard InChI is InChI=1S/C19H22N2O2/c1-12-8-9-16(10-15(12)4)20-17(22)11-18(23)21-19-13(2)6-5-7-14(19)3/h5-10H,11H2,1-4H3,(H,20,22)(H,21,23). The molecule has 0 atom stereocenters. The first-order valence-electron chi connectivity index (χ1n) is 7.60. The first kappa shape index (κ1) is 16.7. The number of amides is 2. The number of aryl methyl sites for hydroxylation is 4. The molecule has 2 rings (SSSR count). The third-order valence-corrected chi connectivity index (χ3v) is 3.86. The number of anilines is 2. The maximum atomic E-state index is 12.1. The van der Waals surface area contributed by atoms with E-state index in [-0.39, 0.29) is 18.2 Å². The van der Waals surface area contributed by atoms with Crippen molar-refractivity contribution in [3.05, 3.63) is 58.7 Å². The topological polar surface area (TPSA) is 58.2 Å². The van der Waals surface area contributed by atoms with Gasteiger partial charge in [0.1, 0.15) is 6.42 Å². The second kappa shape index (κ2) is 7.09. The molecule has 0 heterocycles. The Morgan fingerprint density at radius 1 is 0.783 bits per heavy atom. The van der Waals surface area contributed by atoms with E-state index in [0.29, 0.717) is 5.69 Å². The zero-order valence-corrected chi connectivity index (χ0v) is 14.0. The molecule has 0 aliphatic carbocycles. The van der Waals surface area contributed by atoms with Crippen molar-refractivity contribution in [2.45, 2.75) is 34.1 Å². The third-order valence-electron chi connectivity index (χ3n) is 3.86. The molecule has 0 saturated carbocycles. The van der Waals surface area contributed by atoms with Crippen molar-refractivity contribution in [1.29, 1.82) is 0 Å². The Kier molecular flexibility index (Phi) is 5.16. The zero-order chi connectivity index (χ0) is 17.0. The van der Waals surface area contributed by atoms with Crippen LogP contribution < -0.4 is 10.6 Å². The molecule has 0 unspecified atom stereocenters. The maximum absolute atomic E-state index is 12.1. The first-order chi connectivity index (χ1) is 10.9. The van der Waals surface area contributed by atoms with E-state index in [9.17, 15) is 9.59 Å². The van der Waals surface area contributed by atoms with E-state index in [2.05, 4.69) is 10.6 Å². The lowest BCUT2D eigenvalue weighted by atomic mass is 10.1. The fourth-order valence-electron chi connectivity index (χ4n) is 2.37. The third kappa shape index (κ3) is 4.42. The van der Waals surface area contributed by atoms with Gasteiger partial charge in [0.05, 0.1) is 0 Å². The Hall–Kier alpha value is -2.62. The summed E-state index contributed by atoms with van der Waals surface area (Å²) >= 11 is 0. The van der Waals surface area contributed by atoms with Crippen LogP contribution in [0.5, 0.6) is 0 Å².